The molecule has 7 heavy (non-hydrogen) atoms. The van der Waals surface area contributed by atoms with E-state index in [1.165, 1.54) is 0 Å². The molecule has 0 aromatic carbocycles. The van der Waals surface area contributed by atoms with Crippen LogP contribution in [0.3, 0.4) is 0 Å². The molecule has 0 saturated heterocycles. The summed E-state index contributed by atoms with van der Waals surface area (Å²) in [6.07, 6.45) is 0. The number of hydrogen-bond acceptors (Lipinski definition) is 4. The molecule has 0 aliphatic carbocycles. The van der Waals surface area contributed by atoms with Crippen molar-refractivity contribution >= 4 is 36.9 Å². The SMILES string of the molecule is CO.OB(O)O.[NaH]. The van der Waals surface area contributed by atoms with E-state index < -0.39 is 7.32 Å². The molecule has 0 aliphatic rings. The average Bonchev–Trinajstić information content (AvgIpc) is 1.41. The molecule has 0 aliphatic heterocycles. The van der Waals surface area contributed by atoms with Gasteiger partial charge in [-0.1, -0.05) is 0 Å². The Balaban J connectivity index is -0.0000000480. The molecule has 0 fully saturated rings. The molecule has 0 rings (SSSR count). The average molecular weight is 118 g/mol. The Morgan fingerprint density at radius 1 is 1.00 bits per heavy atom. The van der Waals surface area contributed by atoms with E-state index in [0.717, 1.165) is 7.11 Å². The first-order chi connectivity index (χ1) is 2.73. The van der Waals surface area contributed by atoms with E-state index in [2.05, 4.69) is 0 Å². The molecule has 0 heterocycles. The molecular formula is CH8BNaO4. The fourth-order valence-electron chi connectivity index (χ4n) is 0. The molecule has 0 bridgehead atoms. The molecule has 0 amide bonds. The summed E-state index contributed by atoms with van der Waals surface area (Å²) in [6.45, 7) is 0. The normalized spacial score (nSPS) is 4.71. The van der Waals surface area contributed by atoms with E-state index in [9.17, 15) is 0 Å². The summed E-state index contributed by atoms with van der Waals surface area (Å²) in [5.41, 5.74) is 0. The number of rotatable bonds is 0. The van der Waals surface area contributed by atoms with Crippen molar-refractivity contribution in [2.75, 3.05) is 7.11 Å². The zero-order valence-corrected chi connectivity index (χ0v) is 3.37. The van der Waals surface area contributed by atoms with Crippen molar-refractivity contribution in [3.63, 3.8) is 0 Å². The van der Waals surface area contributed by atoms with Crippen LogP contribution >= 0.6 is 0 Å². The van der Waals surface area contributed by atoms with Gasteiger partial charge in [0.05, 0.1) is 0 Å². The Bertz CT molecular complexity index is 16.4. The summed E-state index contributed by atoms with van der Waals surface area (Å²) in [5.74, 6) is 0. The molecule has 0 aromatic rings. The van der Waals surface area contributed by atoms with E-state index in [0.29, 0.717) is 0 Å². The van der Waals surface area contributed by atoms with Crippen LogP contribution in [0.25, 0.3) is 0 Å². The van der Waals surface area contributed by atoms with Crippen LogP contribution in [-0.2, 0) is 0 Å². The molecular weight excluding hydrogens is 110 g/mol. The van der Waals surface area contributed by atoms with Gasteiger partial charge in [0, 0.05) is 7.11 Å². The van der Waals surface area contributed by atoms with Gasteiger partial charge in [0.2, 0.25) is 0 Å². The second-order valence-electron chi connectivity index (χ2n) is 0.346. The van der Waals surface area contributed by atoms with E-state index in [-0.39, 0.29) is 29.6 Å². The van der Waals surface area contributed by atoms with Crippen molar-refractivity contribution < 1.29 is 20.2 Å². The zero-order valence-electron chi connectivity index (χ0n) is 3.37. The summed E-state index contributed by atoms with van der Waals surface area (Å²) >= 11 is 0. The molecule has 0 atom stereocenters. The van der Waals surface area contributed by atoms with Gasteiger partial charge in [-0.15, -0.1) is 0 Å². The minimum atomic E-state index is -2.17. The van der Waals surface area contributed by atoms with Crippen molar-refractivity contribution in [1.82, 2.24) is 0 Å². The van der Waals surface area contributed by atoms with Crippen molar-refractivity contribution in [3.05, 3.63) is 0 Å². The molecule has 0 spiro atoms. The molecule has 6 heteroatoms. The van der Waals surface area contributed by atoms with Gasteiger partial charge < -0.3 is 20.2 Å². The first-order valence-corrected chi connectivity index (χ1v) is 1.22. The number of aliphatic hydroxyl groups is 1. The summed E-state index contributed by atoms with van der Waals surface area (Å²) < 4.78 is 0. The third kappa shape index (κ3) is 203. The van der Waals surface area contributed by atoms with E-state index >= 15 is 0 Å². The first-order valence-electron chi connectivity index (χ1n) is 1.22. The fraction of sp³-hybridized carbons (Fsp3) is 1.00. The van der Waals surface area contributed by atoms with Gasteiger partial charge in [0.15, 0.2) is 0 Å². The Kier molecular flexibility index (Phi) is 35.3. The van der Waals surface area contributed by atoms with Crippen LogP contribution in [0.2, 0.25) is 0 Å². The Hall–Kier alpha value is 0.905. The number of aliphatic hydroxyl groups excluding tert-OH is 1. The van der Waals surface area contributed by atoms with Crippen LogP contribution in [0.4, 0.5) is 0 Å². The molecule has 4 nitrogen and oxygen atoms in total. The van der Waals surface area contributed by atoms with Crippen LogP contribution < -0.4 is 0 Å². The third-order valence-corrected chi connectivity index (χ3v) is 0. The van der Waals surface area contributed by atoms with Gasteiger partial charge in [0.1, 0.15) is 0 Å². The van der Waals surface area contributed by atoms with Gasteiger partial charge >= 0.3 is 36.9 Å². The summed E-state index contributed by atoms with van der Waals surface area (Å²) in [6, 6.07) is 0. The van der Waals surface area contributed by atoms with Crippen LogP contribution in [-0.4, -0.2) is 64.2 Å². The van der Waals surface area contributed by atoms with E-state index in [1.54, 1.807) is 0 Å². The van der Waals surface area contributed by atoms with E-state index in [1.807, 2.05) is 0 Å². The summed E-state index contributed by atoms with van der Waals surface area (Å²) in [4.78, 5) is 0. The monoisotopic (exact) mass is 118 g/mol. The predicted molar refractivity (Wildman–Crippen MR) is 27.7 cm³/mol. The maximum atomic E-state index is 7.17. The van der Waals surface area contributed by atoms with Crippen LogP contribution in [0.15, 0.2) is 0 Å². The summed E-state index contributed by atoms with van der Waals surface area (Å²) in [7, 11) is -1.17. The predicted octanol–water partition coefficient (Wildman–Crippen LogP) is -3.09. The van der Waals surface area contributed by atoms with Crippen molar-refractivity contribution in [2.24, 2.45) is 0 Å². The quantitative estimate of drug-likeness (QED) is 0.254. The van der Waals surface area contributed by atoms with Gasteiger partial charge in [-0.25, -0.2) is 0 Å². The first kappa shape index (κ1) is 15.7. The maximum absolute atomic E-state index is 7.17. The molecule has 40 valence electrons. The standard InChI is InChI=1S/CH4O.BH3O3.Na.H/c1-2;2-1(3)4;;/h2H,1H3;2-4H;;. The molecule has 0 aromatic heterocycles. The second-order valence-corrected chi connectivity index (χ2v) is 0.346. The van der Waals surface area contributed by atoms with Crippen molar-refractivity contribution in [1.29, 1.82) is 0 Å². The molecule has 0 radical (unpaired) electrons. The van der Waals surface area contributed by atoms with Gasteiger partial charge in [0.25, 0.3) is 0 Å². The Morgan fingerprint density at radius 2 is 1.00 bits per heavy atom. The Morgan fingerprint density at radius 3 is 1.00 bits per heavy atom. The van der Waals surface area contributed by atoms with Crippen molar-refractivity contribution in [2.45, 2.75) is 0 Å². The zero-order chi connectivity index (χ0) is 5.58. The molecule has 4 N–H and O–H groups in total. The third-order valence-electron chi connectivity index (χ3n) is 0. The topological polar surface area (TPSA) is 80.9 Å². The number of hydrogen-bond donors (Lipinski definition) is 4. The molecule has 0 saturated carbocycles. The second kappa shape index (κ2) is 15.8. The summed E-state index contributed by atoms with van der Waals surface area (Å²) in [5, 5.41) is 28.5. The van der Waals surface area contributed by atoms with Gasteiger partial charge in [-0.05, 0) is 0 Å². The Labute approximate surface area is 64.3 Å². The van der Waals surface area contributed by atoms with Crippen LogP contribution in [0.5, 0.6) is 0 Å². The van der Waals surface area contributed by atoms with Gasteiger partial charge in [-0.2, -0.15) is 0 Å². The van der Waals surface area contributed by atoms with E-state index in [4.69, 9.17) is 20.2 Å². The molecule has 0 unspecified atom stereocenters. The fourth-order valence-corrected chi connectivity index (χ4v) is 0. The van der Waals surface area contributed by atoms with Crippen LogP contribution in [0.1, 0.15) is 0 Å². The minimum absolute atomic E-state index is 0. The van der Waals surface area contributed by atoms with Crippen molar-refractivity contribution in [3.8, 4) is 0 Å². The van der Waals surface area contributed by atoms with Gasteiger partial charge in [-0.3, -0.25) is 0 Å². The van der Waals surface area contributed by atoms with Crippen LogP contribution in [0, 0.1) is 0 Å².